The average Bonchev–Trinajstić information content (AvgIpc) is 2.16. The van der Waals surface area contributed by atoms with Crippen molar-refractivity contribution in [2.45, 2.75) is 26.0 Å². The number of hydrogen-bond donors (Lipinski definition) is 2. The summed E-state index contributed by atoms with van der Waals surface area (Å²) < 4.78 is 0. The first-order valence-corrected chi connectivity index (χ1v) is 4.50. The van der Waals surface area contributed by atoms with E-state index in [-0.39, 0.29) is 0 Å². The van der Waals surface area contributed by atoms with Crippen LogP contribution in [-0.4, -0.2) is 11.2 Å². The van der Waals surface area contributed by atoms with E-state index in [1.165, 1.54) is 0 Å². The van der Waals surface area contributed by atoms with Crippen molar-refractivity contribution in [3.05, 3.63) is 34.9 Å². The second kappa shape index (κ2) is 4.23. The van der Waals surface area contributed by atoms with Gasteiger partial charge in [0.15, 0.2) is 0 Å². The molecule has 3 nitrogen and oxygen atoms in total. The Balaban J connectivity index is 3.18. The first kappa shape index (κ1) is 10.7. The van der Waals surface area contributed by atoms with Gasteiger partial charge in [0, 0.05) is 0 Å². The van der Waals surface area contributed by atoms with Gasteiger partial charge in [-0.05, 0) is 25.5 Å². The Morgan fingerprint density at radius 3 is 2.64 bits per heavy atom. The molecule has 1 rings (SSSR count). The Morgan fingerprint density at radius 1 is 1.50 bits per heavy atom. The number of benzene rings is 1. The first-order valence-electron chi connectivity index (χ1n) is 4.50. The lowest BCUT2D eigenvalue weighted by atomic mass is 9.96. The van der Waals surface area contributed by atoms with E-state index in [4.69, 9.17) is 11.0 Å². The van der Waals surface area contributed by atoms with Crippen LogP contribution in [0.25, 0.3) is 0 Å². The Morgan fingerprint density at radius 2 is 2.14 bits per heavy atom. The normalized spacial score (nSPS) is 14.5. The van der Waals surface area contributed by atoms with Crippen LogP contribution in [0.1, 0.15) is 29.7 Å². The van der Waals surface area contributed by atoms with E-state index in [9.17, 15) is 5.11 Å². The van der Waals surface area contributed by atoms with Crippen LogP contribution in [0, 0.1) is 18.3 Å². The van der Waals surface area contributed by atoms with Crippen molar-refractivity contribution in [2.24, 2.45) is 5.73 Å². The largest absolute Gasteiger partial charge is 0.391 e. The molecule has 0 fully saturated rings. The summed E-state index contributed by atoms with van der Waals surface area (Å²) in [6, 6.07) is 7.00. The highest BCUT2D eigenvalue weighted by atomic mass is 16.3. The van der Waals surface area contributed by atoms with Gasteiger partial charge in [0.25, 0.3) is 0 Å². The van der Waals surface area contributed by atoms with E-state index in [1.54, 1.807) is 13.0 Å². The molecule has 3 N–H and O–H groups in total. The van der Waals surface area contributed by atoms with Gasteiger partial charge in [-0.3, -0.25) is 0 Å². The summed E-state index contributed by atoms with van der Waals surface area (Å²) in [5.41, 5.74) is 8.06. The molecule has 2 atom stereocenters. The molecule has 1 aromatic carbocycles. The molecule has 0 aliphatic rings. The molecule has 0 aromatic heterocycles. The number of aryl methyl sites for hydroxylation is 1. The summed E-state index contributed by atoms with van der Waals surface area (Å²) in [6.07, 6.45) is -0.649. The number of nitrogens with two attached hydrogens (primary N) is 1. The van der Waals surface area contributed by atoms with E-state index in [1.807, 2.05) is 19.1 Å². The predicted octanol–water partition coefficient (Wildman–Crippen LogP) is 1.25. The minimum atomic E-state index is -0.649. The molecule has 0 spiro atoms. The van der Waals surface area contributed by atoms with Crippen LogP contribution >= 0.6 is 0 Å². The number of aliphatic hydroxyl groups is 1. The van der Waals surface area contributed by atoms with Gasteiger partial charge in [0.2, 0.25) is 0 Å². The maximum atomic E-state index is 9.35. The third kappa shape index (κ3) is 2.11. The van der Waals surface area contributed by atoms with Crippen LogP contribution in [0.2, 0.25) is 0 Å². The maximum absolute atomic E-state index is 9.35. The monoisotopic (exact) mass is 190 g/mol. The quantitative estimate of drug-likeness (QED) is 0.737. The Bertz CT molecular complexity index is 366. The lowest BCUT2D eigenvalue weighted by Gasteiger charge is -2.16. The second-order valence-electron chi connectivity index (χ2n) is 3.47. The number of rotatable bonds is 2. The standard InChI is InChI=1S/C11H14N2O/c1-7-3-4-9(6-12)10(5-7)11(13)8(2)14/h3-5,8,11,14H,13H2,1-2H3. The fourth-order valence-electron chi connectivity index (χ4n) is 1.32. The highest BCUT2D eigenvalue weighted by molar-refractivity contribution is 5.42. The molecule has 14 heavy (non-hydrogen) atoms. The summed E-state index contributed by atoms with van der Waals surface area (Å²) in [4.78, 5) is 0. The van der Waals surface area contributed by atoms with Gasteiger partial charge in [0.1, 0.15) is 0 Å². The van der Waals surface area contributed by atoms with Crippen molar-refractivity contribution in [1.29, 1.82) is 5.26 Å². The Labute approximate surface area is 83.8 Å². The molecule has 0 amide bonds. The zero-order chi connectivity index (χ0) is 10.7. The van der Waals surface area contributed by atoms with Crippen LogP contribution in [0.5, 0.6) is 0 Å². The van der Waals surface area contributed by atoms with Gasteiger partial charge in [-0.2, -0.15) is 5.26 Å². The summed E-state index contributed by atoms with van der Waals surface area (Å²) in [5, 5.41) is 18.2. The molecule has 0 bridgehead atoms. The number of hydrogen-bond acceptors (Lipinski definition) is 3. The van der Waals surface area contributed by atoms with Crippen LogP contribution < -0.4 is 5.73 Å². The molecule has 2 unspecified atom stereocenters. The van der Waals surface area contributed by atoms with Crippen LogP contribution in [0.3, 0.4) is 0 Å². The van der Waals surface area contributed by atoms with E-state index < -0.39 is 12.1 Å². The van der Waals surface area contributed by atoms with Crippen molar-refractivity contribution < 1.29 is 5.11 Å². The van der Waals surface area contributed by atoms with Crippen LogP contribution in [0.15, 0.2) is 18.2 Å². The minimum absolute atomic E-state index is 0.496. The molecule has 0 radical (unpaired) electrons. The number of nitrogens with zero attached hydrogens (tertiary/aromatic N) is 1. The van der Waals surface area contributed by atoms with E-state index in [2.05, 4.69) is 6.07 Å². The first-order chi connectivity index (χ1) is 6.56. The molecule has 0 saturated heterocycles. The van der Waals surface area contributed by atoms with Crippen molar-refractivity contribution in [3.63, 3.8) is 0 Å². The molecule has 0 saturated carbocycles. The van der Waals surface area contributed by atoms with Crippen molar-refractivity contribution >= 4 is 0 Å². The Hall–Kier alpha value is -1.37. The second-order valence-corrected chi connectivity index (χ2v) is 3.47. The van der Waals surface area contributed by atoms with Gasteiger partial charge < -0.3 is 10.8 Å². The van der Waals surface area contributed by atoms with Crippen molar-refractivity contribution in [3.8, 4) is 6.07 Å². The van der Waals surface area contributed by atoms with Crippen LogP contribution in [0.4, 0.5) is 0 Å². The van der Waals surface area contributed by atoms with Crippen molar-refractivity contribution in [2.75, 3.05) is 0 Å². The summed E-state index contributed by atoms with van der Waals surface area (Å²) in [6.45, 7) is 3.55. The van der Waals surface area contributed by atoms with Gasteiger partial charge in [-0.25, -0.2) is 0 Å². The van der Waals surface area contributed by atoms with E-state index in [0.29, 0.717) is 11.1 Å². The third-order valence-electron chi connectivity index (χ3n) is 2.21. The highest BCUT2D eigenvalue weighted by Crippen LogP contribution is 2.19. The molecular weight excluding hydrogens is 176 g/mol. The molecule has 0 heterocycles. The molecule has 74 valence electrons. The molecule has 0 aliphatic heterocycles. The molecular formula is C11H14N2O. The van der Waals surface area contributed by atoms with Crippen molar-refractivity contribution in [1.82, 2.24) is 0 Å². The van der Waals surface area contributed by atoms with Crippen LogP contribution in [-0.2, 0) is 0 Å². The predicted molar refractivity (Wildman–Crippen MR) is 54.5 cm³/mol. The molecule has 1 aromatic rings. The van der Waals surface area contributed by atoms with E-state index in [0.717, 1.165) is 5.56 Å². The third-order valence-corrected chi connectivity index (χ3v) is 2.21. The maximum Gasteiger partial charge on any atom is 0.0995 e. The zero-order valence-corrected chi connectivity index (χ0v) is 8.36. The summed E-state index contributed by atoms with van der Waals surface area (Å²) in [7, 11) is 0. The minimum Gasteiger partial charge on any atom is -0.391 e. The fraction of sp³-hybridized carbons (Fsp3) is 0.364. The number of nitriles is 1. The summed E-state index contributed by atoms with van der Waals surface area (Å²) >= 11 is 0. The average molecular weight is 190 g/mol. The van der Waals surface area contributed by atoms with Gasteiger partial charge in [0.05, 0.1) is 23.8 Å². The fourth-order valence-corrected chi connectivity index (χ4v) is 1.32. The SMILES string of the molecule is Cc1ccc(C#N)c(C(N)C(C)O)c1. The lowest BCUT2D eigenvalue weighted by molar-refractivity contribution is 0.164. The summed E-state index contributed by atoms with van der Waals surface area (Å²) in [5.74, 6) is 0. The number of aliphatic hydroxyl groups excluding tert-OH is 1. The van der Waals surface area contributed by atoms with Gasteiger partial charge in [-0.15, -0.1) is 0 Å². The van der Waals surface area contributed by atoms with E-state index >= 15 is 0 Å². The van der Waals surface area contributed by atoms with Gasteiger partial charge in [-0.1, -0.05) is 17.7 Å². The highest BCUT2D eigenvalue weighted by Gasteiger charge is 2.15. The smallest absolute Gasteiger partial charge is 0.0995 e. The lowest BCUT2D eigenvalue weighted by Crippen LogP contribution is -2.24. The Kier molecular flexibility index (Phi) is 3.23. The topological polar surface area (TPSA) is 70.0 Å². The molecule has 3 heteroatoms. The molecule has 0 aliphatic carbocycles. The van der Waals surface area contributed by atoms with Gasteiger partial charge >= 0.3 is 0 Å². The zero-order valence-electron chi connectivity index (χ0n) is 8.36.